The van der Waals surface area contributed by atoms with E-state index in [0.717, 1.165) is 85.8 Å². The van der Waals surface area contributed by atoms with Crippen LogP contribution >= 0.6 is 11.8 Å². The molecular weight excluding hydrogens is 460 g/mol. The second-order valence-corrected chi connectivity index (χ2v) is 10.2. The van der Waals surface area contributed by atoms with Gasteiger partial charge < -0.3 is 14.2 Å². The van der Waals surface area contributed by atoms with E-state index in [-0.39, 0.29) is 0 Å². The quantitative estimate of drug-likeness (QED) is 0.391. The number of likely N-dealkylation sites (tertiary alicyclic amines) is 1. The number of nitrogens with zero attached hydrogens (tertiary/aromatic N) is 4. The fraction of sp³-hybridized carbons (Fsp3) is 0.481. The Kier molecular flexibility index (Phi) is 7.91. The van der Waals surface area contributed by atoms with E-state index in [9.17, 15) is 0 Å². The van der Waals surface area contributed by atoms with Crippen LogP contribution in [0.4, 0.5) is 0 Å². The van der Waals surface area contributed by atoms with E-state index in [1.165, 1.54) is 5.56 Å². The summed E-state index contributed by atoms with van der Waals surface area (Å²) < 4.78 is 19.1. The molecular formula is C27H34N4O3S. The van der Waals surface area contributed by atoms with Crippen LogP contribution in [0.5, 0.6) is 11.5 Å². The van der Waals surface area contributed by atoms with E-state index in [2.05, 4.69) is 38.8 Å². The zero-order valence-electron chi connectivity index (χ0n) is 20.6. The minimum atomic E-state index is 0.303. The minimum Gasteiger partial charge on any atom is -0.497 e. The first-order valence-electron chi connectivity index (χ1n) is 12.4. The summed E-state index contributed by atoms with van der Waals surface area (Å²) in [6.07, 6.45) is 4.67. The average Bonchev–Trinajstić information content (AvgIpc) is 3.58. The van der Waals surface area contributed by atoms with E-state index in [0.29, 0.717) is 12.0 Å². The van der Waals surface area contributed by atoms with E-state index in [4.69, 9.17) is 19.3 Å². The number of benzene rings is 2. The highest BCUT2D eigenvalue weighted by Gasteiger charge is 2.28. The first-order chi connectivity index (χ1) is 17.2. The topological polar surface area (TPSA) is 61.6 Å². The third-order valence-electron chi connectivity index (χ3n) is 6.93. The Balaban J connectivity index is 1.33. The van der Waals surface area contributed by atoms with Crippen LogP contribution in [0.1, 0.15) is 43.0 Å². The molecule has 5 rings (SSSR count). The van der Waals surface area contributed by atoms with Gasteiger partial charge in [-0.25, -0.2) is 0 Å². The van der Waals surface area contributed by atoms with E-state index < -0.39 is 0 Å². The number of aromatic nitrogens is 3. The van der Waals surface area contributed by atoms with Crippen molar-refractivity contribution in [2.24, 2.45) is 0 Å². The standard InChI is InChI=1S/C27H34N4O3S/c1-32-23-9-5-8-22(17-23)31-26(28-29-27(31)35-19-24-10-6-16-34-24)20-12-14-30(15-13-20)18-21-7-3-4-11-25(21)33-2/h3-5,7-9,11,17,20,24H,6,10,12-16,18-19H2,1-2H3. The van der Waals surface area contributed by atoms with Gasteiger partial charge in [-0.2, -0.15) is 0 Å². The van der Waals surface area contributed by atoms with Gasteiger partial charge in [0, 0.05) is 36.5 Å². The Labute approximate surface area is 211 Å². The van der Waals surface area contributed by atoms with Gasteiger partial charge in [-0.1, -0.05) is 36.0 Å². The van der Waals surface area contributed by atoms with Gasteiger partial charge in [-0.05, 0) is 57.0 Å². The van der Waals surface area contributed by atoms with Gasteiger partial charge in [0.1, 0.15) is 17.3 Å². The van der Waals surface area contributed by atoms with Gasteiger partial charge >= 0.3 is 0 Å². The highest BCUT2D eigenvalue weighted by molar-refractivity contribution is 7.99. The van der Waals surface area contributed by atoms with E-state index in [1.54, 1.807) is 26.0 Å². The number of piperidine rings is 1. The second-order valence-electron chi connectivity index (χ2n) is 9.19. The molecule has 2 saturated heterocycles. The molecule has 3 heterocycles. The van der Waals surface area contributed by atoms with Crippen molar-refractivity contribution in [3.63, 3.8) is 0 Å². The van der Waals surface area contributed by atoms with E-state index in [1.807, 2.05) is 24.3 Å². The SMILES string of the molecule is COc1cccc(-n2c(SCC3CCCO3)nnc2C2CCN(Cc3ccccc3OC)CC2)c1. The van der Waals surface area contributed by atoms with Crippen molar-refractivity contribution in [2.75, 3.05) is 39.7 Å². The van der Waals surface area contributed by atoms with Crippen molar-refractivity contribution >= 4 is 11.8 Å². The molecule has 0 amide bonds. The lowest BCUT2D eigenvalue weighted by molar-refractivity contribution is 0.129. The van der Waals surface area contributed by atoms with Crippen LogP contribution in [0.15, 0.2) is 53.7 Å². The van der Waals surface area contributed by atoms with Crippen molar-refractivity contribution in [3.05, 3.63) is 59.9 Å². The van der Waals surface area contributed by atoms with Gasteiger partial charge in [-0.15, -0.1) is 10.2 Å². The van der Waals surface area contributed by atoms with Crippen LogP contribution in [0.3, 0.4) is 0 Å². The lowest BCUT2D eigenvalue weighted by atomic mass is 9.95. The maximum Gasteiger partial charge on any atom is 0.195 e. The molecule has 8 heteroatoms. The van der Waals surface area contributed by atoms with Crippen LogP contribution in [0, 0.1) is 0 Å². The van der Waals surface area contributed by atoms with Crippen molar-refractivity contribution in [2.45, 2.75) is 49.4 Å². The first kappa shape index (κ1) is 24.2. The van der Waals surface area contributed by atoms with Crippen LogP contribution in [-0.2, 0) is 11.3 Å². The zero-order chi connectivity index (χ0) is 24.0. The largest absolute Gasteiger partial charge is 0.497 e. The van der Waals surface area contributed by atoms with Gasteiger partial charge in [0.2, 0.25) is 0 Å². The Bertz CT molecular complexity index is 1110. The molecule has 2 fully saturated rings. The molecule has 3 aromatic rings. The zero-order valence-corrected chi connectivity index (χ0v) is 21.4. The van der Waals surface area contributed by atoms with Crippen molar-refractivity contribution in [1.82, 2.24) is 19.7 Å². The summed E-state index contributed by atoms with van der Waals surface area (Å²) in [5.41, 5.74) is 2.29. The molecule has 0 radical (unpaired) electrons. The molecule has 35 heavy (non-hydrogen) atoms. The summed E-state index contributed by atoms with van der Waals surface area (Å²) in [6.45, 7) is 3.81. The third kappa shape index (κ3) is 5.66. The van der Waals surface area contributed by atoms with Gasteiger partial charge in [-0.3, -0.25) is 9.47 Å². The van der Waals surface area contributed by atoms with Crippen LogP contribution in [0.25, 0.3) is 5.69 Å². The number of hydrogen-bond acceptors (Lipinski definition) is 7. The number of methoxy groups -OCH3 is 2. The summed E-state index contributed by atoms with van der Waals surface area (Å²) >= 11 is 1.74. The summed E-state index contributed by atoms with van der Waals surface area (Å²) in [5.74, 6) is 4.10. The van der Waals surface area contributed by atoms with E-state index >= 15 is 0 Å². The Morgan fingerprint density at radius 3 is 2.63 bits per heavy atom. The molecule has 2 aliphatic heterocycles. The summed E-state index contributed by atoms with van der Waals surface area (Å²) in [5, 5.41) is 10.3. The predicted octanol–water partition coefficient (Wildman–Crippen LogP) is 4.94. The molecule has 1 aromatic heterocycles. The Hall–Kier alpha value is -2.55. The lowest BCUT2D eigenvalue weighted by Crippen LogP contribution is -2.33. The molecule has 0 bridgehead atoms. The monoisotopic (exact) mass is 494 g/mol. The number of ether oxygens (including phenoxy) is 3. The van der Waals surface area contributed by atoms with Crippen molar-refractivity contribution in [3.8, 4) is 17.2 Å². The first-order valence-corrected chi connectivity index (χ1v) is 13.4. The van der Waals surface area contributed by atoms with Crippen LogP contribution in [-0.4, -0.2) is 65.4 Å². The normalized spacial score (nSPS) is 19.2. The molecule has 1 atom stereocenters. The predicted molar refractivity (Wildman–Crippen MR) is 138 cm³/mol. The molecule has 1 unspecified atom stereocenters. The molecule has 186 valence electrons. The summed E-state index contributed by atoms with van der Waals surface area (Å²) in [6, 6.07) is 16.5. The molecule has 0 N–H and O–H groups in total. The smallest absolute Gasteiger partial charge is 0.195 e. The molecule has 7 nitrogen and oxygen atoms in total. The summed E-state index contributed by atoms with van der Waals surface area (Å²) in [4.78, 5) is 2.51. The van der Waals surface area contributed by atoms with Crippen molar-refractivity contribution in [1.29, 1.82) is 0 Å². The molecule has 0 aliphatic carbocycles. The Morgan fingerprint density at radius 2 is 1.86 bits per heavy atom. The number of thioether (sulfide) groups is 1. The summed E-state index contributed by atoms with van der Waals surface area (Å²) in [7, 11) is 3.45. The average molecular weight is 495 g/mol. The number of para-hydroxylation sites is 1. The fourth-order valence-corrected chi connectivity index (χ4v) is 6.02. The van der Waals surface area contributed by atoms with Gasteiger partial charge in [0.05, 0.1) is 26.0 Å². The number of hydrogen-bond donors (Lipinski definition) is 0. The molecule has 0 saturated carbocycles. The van der Waals surface area contributed by atoms with Crippen LogP contribution < -0.4 is 9.47 Å². The maximum atomic E-state index is 5.84. The van der Waals surface area contributed by atoms with Gasteiger partial charge in [0.15, 0.2) is 5.16 Å². The highest BCUT2D eigenvalue weighted by Crippen LogP contribution is 2.34. The fourth-order valence-electron chi connectivity index (χ4n) is 5.00. The lowest BCUT2D eigenvalue weighted by Gasteiger charge is -2.32. The van der Waals surface area contributed by atoms with Gasteiger partial charge in [0.25, 0.3) is 0 Å². The maximum absolute atomic E-state index is 5.84. The van der Waals surface area contributed by atoms with Crippen LogP contribution in [0.2, 0.25) is 0 Å². The number of rotatable bonds is 9. The second kappa shape index (κ2) is 11.5. The molecule has 0 spiro atoms. The third-order valence-corrected chi connectivity index (χ3v) is 7.99. The molecule has 2 aliphatic rings. The Morgan fingerprint density at radius 1 is 1.00 bits per heavy atom. The van der Waals surface area contributed by atoms with Crippen molar-refractivity contribution < 1.29 is 14.2 Å². The highest BCUT2D eigenvalue weighted by atomic mass is 32.2. The minimum absolute atomic E-state index is 0.303. The molecule has 2 aromatic carbocycles.